The maximum Gasteiger partial charge on any atom is 0.341 e. The van der Waals surface area contributed by atoms with Crippen molar-refractivity contribution in [3.8, 4) is 11.5 Å². The second-order valence-corrected chi connectivity index (χ2v) is 7.25. The molecule has 0 unspecified atom stereocenters. The lowest BCUT2D eigenvalue weighted by atomic mass is 10.0. The second-order valence-electron chi connectivity index (χ2n) is 5.24. The van der Waals surface area contributed by atoms with Gasteiger partial charge in [0, 0.05) is 11.6 Å². The number of nitrogens with zero attached hydrogens (tertiary/aromatic N) is 1. The third-order valence-electron chi connectivity index (χ3n) is 3.52. The molecule has 26 heavy (non-hydrogen) atoms. The lowest BCUT2D eigenvalue weighted by Gasteiger charge is -2.09. The zero-order chi connectivity index (χ0) is 18.7. The summed E-state index contributed by atoms with van der Waals surface area (Å²) in [6, 6.07) is 4.93. The predicted molar refractivity (Wildman–Crippen MR) is 99.3 cm³/mol. The number of thiazole rings is 1. The van der Waals surface area contributed by atoms with Gasteiger partial charge in [0.1, 0.15) is 10.9 Å². The standard InChI is InChI=1S/C17H14N2O5S2/c1-23-11-6-9(2-3-10(11)24-8-13(20)21)7-12-15(22)14(16(18)26-12)17-19-4-5-25-17/h2-7,14,18H,8H2,1H3,(H,20,21)/b12-7-,18-16?/t14-/m0/s1. The molecule has 0 radical (unpaired) electrons. The van der Waals surface area contributed by atoms with Crippen LogP contribution >= 0.6 is 23.1 Å². The number of aliphatic carboxylic acids is 1. The number of methoxy groups -OCH3 is 1. The van der Waals surface area contributed by atoms with Gasteiger partial charge in [0.25, 0.3) is 0 Å². The van der Waals surface area contributed by atoms with Crippen LogP contribution in [0.25, 0.3) is 6.08 Å². The first-order valence-corrected chi connectivity index (χ1v) is 9.13. The Morgan fingerprint density at radius 2 is 2.23 bits per heavy atom. The molecule has 1 aliphatic rings. The molecule has 1 aliphatic heterocycles. The van der Waals surface area contributed by atoms with E-state index in [2.05, 4.69) is 4.98 Å². The van der Waals surface area contributed by atoms with E-state index in [0.29, 0.717) is 27.0 Å². The fraction of sp³-hybridized carbons (Fsp3) is 0.176. The number of thioether (sulfide) groups is 1. The number of carbonyl (C=O) groups excluding carboxylic acids is 1. The first-order chi connectivity index (χ1) is 12.5. The molecule has 0 saturated carbocycles. The summed E-state index contributed by atoms with van der Waals surface area (Å²) in [7, 11) is 1.45. The highest BCUT2D eigenvalue weighted by atomic mass is 32.2. The molecule has 7 nitrogen and oxygen atoms in total. The Labute approximate surface area is 157 Å². The molecule has 2 aromatic rings. The van der Waals surface area contributed by atoms with Crippen LogP contribution in [0.15, 0.2) is 34.7 Å². The van der Waals surface area contributed by atoms with E-state index < -0.39 is 18.5 Å². The molecule has 1 aromatic carbocycles. The first kappa shape index (κ1) is 18.2. The Morgan fingerprint density at radius 3 is 2.88 bits per heavy atom. The van der Waals surface area contributed by atoms with Crippen molar-refractivity contribution in [3.63, 3.8) is 0 Å². The highest BCUT2D eigenvalue weighted by Gasteiger charge is 2.38. The minimum atomic E-state index is -1.09. The monoisotopic (exact) mass is 390 g/mol. The van der Waals surface area contributed by atoms with Crippen LogP contribution in [0.4, 0.5) is 0 Å². The van der Waals surface area contributed by atoms with Crippen molar-refractivity contribution in [1.29, 1.82) is 5.41 Å². The van der Waals surface area contributed by atoms with Crippen LogP contribution in [0.1, 0.15) is 16.5 Å². The molecule has 3 rings (SSSR count). The summed E-state index contributed by atoms with van der Waals surface area (Å²) < 4.78 is 10.4. The van der Waals surface area contributed by atoms with Crippen molar-refractivity contribution in [2.45, 2.75) is 5.92 Å². The summed E-state index contributed by atoms with van der Waals surface area (Å²) in [6.07, 6.45) is 3.30. The molecular weight excluding hydrogens is 376 g/mol. The van der Waals surface area contributed by atoms with E-state index in [4.69, 9.17) is 20.0 Å². The number of carboxylic acids is 1. The van der Waals surface area contributed by atoms with Gasteiger partial charge in [-0.1, -0.05) is 17.8 Å². The van der Waals surface area contributed by atoms with E-state index in [1.807, 2.05) is 0 Å². The average molecular weight is 390 g/mol. The van der Waals surface area contributed by atoms with Gasteiger partial charge >= 0.3 is 5.97 Å². The molecule has 0 aliphatic carbocycles. The minimum absolute atomic E-state index is 0.153. The third kappa shape index (κ3) is 3.78. The number of carbonyl (C=O) groups is 2. The van der Waals surface area contributed by atoms with E-state index in [9.17, 15) is 9.59 Å². The number of ketones is 1. The van der Waals surface area contributed by atoms with E-state index in [1.165, 1.54) is 18.4 Å². The van der Waals surface area contributed by atoms with Crippen molar-refractivity contribution in [2.75, 3.05) is 13.7 Å². The van der Waals surface area contributed by atoms with Gasteiger partial charge in [-0.05, 0) is 23.8 Å². The first-order valence-electron chi connectivity index (χ1n) is 7.44. The Morgan fingerprint density at radius 1 is 1.42 bits per heavy atom. The zero-order valence-corrected chi connectivity index (χ0v) is 15.2. The maximum absolute atomic E-state index is 12.6. The lowest BCUT2D eigenvalue weighted by Crippen LogP contribution is -2.11. The van der Waals surface area contributed by atoms with Crippen LogP contribution in [-0.4, -0.2) is 40.6 Å². The number of hydrogen-bond donors (Lipinski definition) is 2. The largest absolute Gasteiger partial charge is 0.493 e. The molecule has 0 spiro atoms. The Bertz CT molecular complexity index is 893. The number of nitrogens with one attached hydrogen (secondary N) is 1. The number of rotatable bonds is 6. The summed E-state index contributed by atoms with van der Waals surface area (Å²) in [5.41, 5.74) is 0.688. The van der Waals surface area contributed by atoms with Crippen LogP contribution in [0, 0.1) is 5.41 Å². The van der Waals surface area contributed by atoms with Crippen LogP contribution in [-0.2, 0) is 9.59 Å². The maximum atomic E-state index is 12.6. The normalized spacial score (nSPS) is 18.3. The number of carboxylic acid groups (broad SMARTS) is 1. The summed E-state index contributed by atoms with van der Waals surface area (Å²) >= 11 is 2.47. The molecule has 0 bridgehead atoms. The number of benzene rings is 1. The molecule has 2 heterocycles. The van der Waals surface area contributed by atoms with E-state index in [1.54, 1.807) is 35.9 Å². The third-order valence-corrected chi connectivity index (χ3v) is 5.36. The summed E-state index contributed by atoms with van der Waals surface area (Å²) in [6.45, 7) is -0.474. The molecule has 134 valence electrons. The minimum Gasteiger partial charge on any atom is -0.493 e. The van der Waals surface area contributed by atoms with Crippen LogP contribution in [0.5, 0.6) is 11.5 Å². The quantitative estimate of drug-likeness (QED) is 0.730. The average Bonchev–Trinajstić information content (AvgIpc) is 3.22. The van der Waals surface area contributed by atoms with Gasteiger partial charge < -0.3 is 14.6 Å². The Balaban J connectivity index is 1.84. The van der Waals surface area contributed by atoms with E-state index >= 15 is 0 Å². The van der Waals surface area contributed by atoms with Gasteiger partial charge in [0.2, 0.25) is 0 Å². The van der Waals surface area contributed by atoms with Gasteiger partial charge in [0.05, 0.1) is 17.1 Å². The summed E-state index contributed by atoms with van der Waals surface area (Å²) in [4.78, 5) is 27.9. The lowest BCUT2D eigenvalue weighted by molar-refractivity contribution is -0.139. The molecule has 0 amide bonds. The van der Waals surface area contributed by atoms with Gasteiger partial charge in [-0.25, -0.2) is 9.78 Å². The molecule has 9 heteroatoms. The SMILES string of the molecule is COc1cc(/C=C2\SC(=N)[C@@H](c3nccs3)C2=O)ccc1OCC(=O)O. The predicted octanol–water partition coefficient (Wildman–Crippen LogP) is 3.03. The topological polar surface area (TPSA) is 110 Å². The zero-order valence-electron chi connectivity index (χ0n) is 13.6. The molecule has 1 aromatic heterocycles. The molecule has 1 fully saturated rings. The van der Waals surface area contributed by atoms with E-state index in [-0.39, 0.29) is 10.8 Å². The van der Waals surface area contributed by atoms with Crippen molar-refractivity contribution in [3.05, 3.63) is 45.3 Å². The van der Waals surface area contributed by atoms with Gasteiger partial charge in [0.15, 0.2) is 23.9 Å². The number of hydrogen-bond acceptors (Lipinski definition) is 8. The summed E-state index contributed by atoms with van der Waals surface area (Å²) in [5.74, 6) is -1.21. The molecule has 1 saturated heterocycles. The number of allylic oxidation sites excluding steroid dienone is 1. The summed E-state index contributed by atoms with van der Waals surface area (Å²) in [5, 5.41) is 19.4. The Hall–Kier alpha value is -2.65. The van der Waals surface area contributed by atoms with Crippen molar-refractivity contribution in [1.82, 2.24) is 4.98 Å². The molecular formula is C17H14N2O5S2. The van der Waals surface area contributed by atoms with Gasteiger partial charge in [-0.2, -0.15) is 0 Å². The van der Waals surface area contributed by atoms with Crippen LogP contribution < -0.4 is 9.47 Å². The number of aromatic nitrogens is 1. The molecule has 1 atom stereocenters. The van der Waals surface area contributed by atoms with Crippen LogP contribution in [0.3, 0.4) is 0 Å². The van der Waals surface area contributed by atoms with Crippen molar-refractivity contribution in [2.24, 2.45) is 0 Å². The number of ether oxygens (including phenoxy) is 2. The van der Waals surface area contributed by atoms with Crippen molar-refractivity contribution < 1.29 is 24.2 Å². The Kier molecular flexibility index (Phi) is 5.38. The fourth-order valence-corrected chi connectivity index (χ4v) is 4.18. The fourth-order valence-electron chi connectivity index (χ4n) is 2.37. The second kappa shape index (κ2) is 7.71. The molecule has 2 N–H and O–H groups in total. The number of Topliss-reactive ketones (excluding diaryl/α,β-unsaturated/α-hetero) is 1. The van der Waals surface area contributed by atoms with Crippen LogP contribution in [0.2, 0.25) is 0 Å². The van der Waals surface area contributed by atoms with Crippen molar-refractivity contribution >= 4 is 46.0 Å². The highest BCUT2D eigenvalue weighted by molar-refractivity contribution is 8.19. The highest BCUT2D eigenvalue weighted by Crippen LogP contribution is 2.41. The van der Waals surface area contributed by atoms with Gasteiger partial charge in [-0.15, -0.1) is 11.3 Å². The van der Waals surface area contributed by atoms with Gasteiger partial charge in [-0.3, -0.25) is 10.2 Å². The van der Waals surface area contributed by atoms with E-state index in [0.717, 1.165) is 11.8 Å². The smallest absolute Gasteiger partial charge is 0.341 e.